The number of amides is 1. The number of hydrogen-bond donors (Lipinski definition) is 1. The lowest BCUT2D eigenvalue weighted by molar-refractivity contribution is 0.102. The number of pyridine rings is 1. The fraction of sp³-hybridized carbons (Fsp3) is 0.105. The van der Waals surface area contributed by atoms with E-state index in [1.165, 1.54) is 12.4 Å². The second-order valence-electron chi connectivity index (χ2n) is 6.14. The fourth-order valence-corrected chi connectivity index (χ4v) is 2.51. The standard InChI is InChI=1S/C19H15FN6O2/c1-11-3-5-14(7-15(11)20)24-18(27)16-9-26(10-22-16)17-6-4-13(8-21-17)19-23-12(2)25-28-19/h3-10H,1-2H3,(H,24,27). The van der Waals surface area contributed by atoms with Crippen LogP contribution < -0.4 is 5.32 Å². The van der Waals surface area contributed by atoms with Crippen molar-refractivity contribution in [3.63, 3.8) is 0 Å². The molecule has 0 aliphatic rings. The highest BCUT2D eigenvalue weighted by molar-refractivity contribution is 6.02. The molecule has 8 nitrogen and oxygen atoms in total. The number of carbonyl (C=O) groups is 1. The number of aromatic nitrogens is 5. The van der Waals surface area contributed by atoms with Gasteiger partial charge in [0.2, 0.25) is 0 Å². The third kappa shape index (κ3) is 3.50. The number of rotatable bonds is 4. The van der Waals surface area contributed by atoms with Crippen molar-refractivity contribution in [2.75, 3.05) is 5.32 Å². The normalized spacial score (nSPS) is 10.8. The second-order valence-corrected chi connectivity index (χ2v) is 6.14. The molecule has 0 aliphatic carbocycles. The van der Waals surface area contributed by atoms with E-state index in [1.54, 1.807) is 55.1 Å². The third-order valence-electron chi connectivity index (χ3n) is 4.03. The van der Waals surface area contributed by atoms with Crippen molar-refractivity contribution in [1.29, 1.82) is 0 Å². The summed E-state index contributed by atoms with van der Waals surface area (Å²) in [5.41, 5.74) is 1.73. The van der Waals surface area contributed by atoms with E-state index in [2.05, 4.69) is 25.4 Å². The monoisotopic (exact) mass is 378 g/mol. The molecular weight excluding hydrogens is 363 g/mol. The van der Waals surface area contributed by atoms with Gasteiger partial charge in [-0.3, -0.25) is 9.36 Å². The van der Waals surface area contributed by atoms with Crippen LogP contribution in [0.15, 0.2) is 53.6 Å². The Bertz CT molecular complexity index is 1150. The number of benzene rings is 1. The van der Waals surface area contributed by atoms with Crippen molar-refractivity contribution < 1.29 is 13.7 Å². The van der Waals surface area contributed by atoms with Crippen molar-refractivity contribution in [3.8, 4) is 17.3 Å². The molecule has 4 rings (SSSR count). The van der Waals surface area contributed by atoms with Crippen LogP contribution in [0.5, 0.6) is 0 Å². The molecule has 1 aromatic carbocycles. The number of aryl methyl sites for hydroxylation is 2. The van der Waals surface area contributed by atoms with Gasteiger partial charge in [0.1, 0.15) is 23.7 Å². The van der Waals surface area contributed by atoms with E-state index in [-0.39, 0.29) is 11.5 Å². The zero-order valence-corrected chi connectivity index (χ0v) is 15.0. The van der Waals surface area contributed by atoms with Crippen LogP contribution in [-0.2, 0) is 0 Å². The van der Waals surface area contributed by atoms with E-state index in [4.69, 9.17) is 4.52 Å². The van der Waals surface area contributed by atoms with Gasteiger partial charge in [-0.25, -0.2) is 14.4 Å². The Hall–Kier alpha value is -3.88. The summed E-state index contributed by atoms with van der Waals surface area (Å²) < 4.78 is 20.3. The summed E-state index contributed by atoms with van der Waals surface area (Å²) in [5, 5.41) is 6.37. The molecule has 0 aliphatic heterocycles. The van der Waals surface area contributed by atoms with Crippen molar-refractivity contribution in [2.24, 2.45) is 0 Å². The molecule has 4 aromatic rings. The first-order valence-electron chi connectivity index (χ1n) is 8.38. The largest absolute Gasteiger partial charge is 0.334 e. The second kappa shape index (κ2) is 7.03. The Morgan fingerprint density at radius 2 is 2.04 bits per heavy atom. The molecule has 0 fully saturated rings. The van der Waals surface area contributed by atoms with Gasteiger partial charge in [0.05, 0.1) is 5.56 Å². The highest BCUT2D eigenvalue weighted by Crippen LogP contribution is 2.18. The number of anilines is 1. The van der Waals surface area contributed by atoms with Crippen LogP contribution in [0, 0.1) is 19.7 Å². The quantitative estimate of drug-likeness (QED) is 0.585. The highest BCUT2D eigenvalue weighted by Gasteiger charge is 2.12. The maximum absolute atomic E-state index is 13.6. The molecular formula is C19H15FN6O2. The predicted octanol–water partition coefficient (Wildman–Crippen LogP) is 3.33. The third-order valence-corrected chi connectivity index (χ3v) is 4.03. The van der Waals surface area contributed by atoms with Crippen molar-refractivity contribution >= 4 is 11.6 Å². The Kier molecular flexibility index (Phi) is 4.40. The lowest BCUT2D eigenvalue weighted by atomic mass is 10.2. The van der Waals surface area contributed by atoms with Crippen molar-refractivity contribution in [1.82, 2.24) is 24.7 Å². The Labute approximate surface area is 159 Å². The van der Waals surface area contributed by atoms with E-state index in [0.29, 0.717) is 34.3 Å². The number of hydrogen-bond acceptors (Lipinski definition) is 6. The first-order valence-corrected chi connectivity index (χ1v) is 8.38. The first kappa shape index (κ1) is 17.5. The summed E-state index contributed by atoms with van der Waals surface area (Å²) in [6, 6.07) is 8.02. The molecule has 0 saturated heterocycles. The van der Waals surface area contributed by atoms with Crippen LogP contribution in [0.25, 0.3) is 17.3 Å². The highest BCUT2D eigenvalue weighted by atomic mass is 19.1. The first-order chi connectivity index (χ1) is 13.5. The summed E-state index contributed by atoms with van der Waals surface area (Å²) in [4.78, 5) is 24.9. The maximum Gasteiger partial charge on any atom is 0.275 e. The molecule has 9 heteroatoms. The van der Waals surface area contributed by atoms with E-state index in [1.807, 2.05) is 0 Å². The van der Waals surface area contributed by atoms with Crippen molar-refractivity contribution in [3.05, 3.63) is 72.0 Å². The SMILES string of the molecule is Cc1noc(-c2ccc(-n3cnc(C(=O)Nc4ccc(C)c(F)c4)c3)nc2)n1. The van der Waals surface area contributed by atoms with Gasteiger partial charge in [0.15, 0.2) is 5.82 Å². The summed E-state index contributed by atoms with van der Waals surface area (Å²) in [5.74, 6) is 0.655. The Balaban J connectivity index is 1.50. The number of nitrogens with zero attached hydrogens (tertiary/aromatic N) is 5. The minimum Gasteiger partial charge on any atom is -0.334 e. The molecule has 0 unspecified atom stereocenters. The van der Waals surface area contributed by atoms with Crippen molar-refractivity contribution in [2.45, 2.75) is 13.8 Å². The van der Waals surface area contributed by atoms with Gasteiger partial charge in [-0.2, -0.15) is 4.98 Å². The zero-order chi connectivity index (χ0) is 19.7. The number of carbonyl (C=O) groups excluding carboxylic acids is 1. The summed E-state index contributed by atoms with van der Waals surface area (Å²) in [6.45, 7) is 3.39. The van der Waals surface area contributed by atoms with E-state index >= 15 is 0 Å². The molecule has 0 saturated carbocycles. The van der Waals surface area contributed by atoms with Gasteiger partial charge in [-0.15, -0.1) is 0 Å². The average molecular weight is 378 g/mol. The lowest BCUT2D eigenvalue weighted by Gasteiger charge is -2.04. The fourth-order valence-electron chi connectivity index (χ4n) is 2.51. The van der Waals surface area contributed by atoms with E-state index < -0.39 is 5.91 Å². The van der Waals surface area contributed by atoms with Gasteiger partial charge < -0.3 is 9.84 Å². The topological polar surface area (TPSA) is 98.7 Å². The lowest BCUT2D eigenvalue weighted by Crippen LogP contribution is -2.12. The molecule has 3 heterocycles. The molecule has 3 aromatic heterocycles. The van der Waals surface area contributed by atoms with E-state index in [9.17, 15) is 9.18 Å². The number of imidazole rings is 1. The average Bonchev–Trinajstić information content (AvgIpc) is 3.34. The zero-order valence-electron chi connectivity index (χ0n) is 15.0. The minimum absolute atomic E-state index is 0.180. The summed E-state index contributed by atoms with van der Waals surface area (Å²) >= 11 is 0. The van der Waals surface area contributed by atoms with Gasteiger partial charge in [0, 0.05) is 18.1 Å². The van der Waals surface area contributed by atoms with Crippen LogP contribution in [0.2, 0.25) is 0 Å². The molecule has 28 heavy (non-hydrogen) atoms. The molecule has 0 spiro atoms. The number of halogens is 1. The maximum atomic E-state index is 13.6. The predicted molar refractivity (Wildman–Crippen MR) is 98.5 cm³/mol. The van der Waals surface area contributed by atoms with E-state index in [0.717, 1.165) is 0 Å². The summed E-state index contributed by atoms with van der Waals surface area (Å²) in [7, 11) is 0. The molecule has 140 valence electrons. The molecule has 0 radical (unpaired) electrons. The molecule has 1 N–H and O–H groups in total. The minimum atomic E-state index is -0.444. The van der Waals surface area contributed by atoms with Gasteiger partial charge in [-0.05, 0) is 43.7 Å². The van der Waals surface area contributed by atoms with Crippen LogP contribution in [0.4, 0.5) is 10.1 Å². The molecule has 1 amide bonds. The van der Waals surface area contributed by atoms with Gasteiger partial charge >= 0.3 is 0 Å². The Morgan fingerprint density at radius 1 is 1.18 bits per heavy atom. The number of nitrogens with one attached hydrogen (secondary N) is 1. The molecule has 0 bridgehead atoms. The summed E-state index contributed by atoms with van der Waals surface area (Å²) in [6.07, 6.45) is 4.61. The van der Waals surface area contributed by atoms with Crippen LogP contribution in [0.1, 0.15) is 21.9 Å². The van der Waals surface area contributed by atoms with Crippen LogP contribution in [0.3, 0.4) is 0 Å². The van der Waals surface area contributed by atoms with Gasteiger partial charge in [-0.1, -0.05) is 11.2 Å². The van der Waals surface area contributed by atoms with Crippen LogP contribution >= 0.6 is 0 Å². The Morgan fingerprint density at radius 3 is 2.71 bits per heavy atom. The smallest absolute Gasteiger partial charge is 0.275 e. The molecule has 0 atom stereocenters. The van der Waals surface area contributed by atoms with Gasteiger partial charge in [0.25, 0.3) is 11.8 Å². The van der Waals surface area contributed by atoms with Crippen LogP contribution in [-0.4, -0.2) is 30.6 Å².